The van der Waals surface area contributed by atoms with Gasteiger partial charge in [0, 0.05) is 5.69 Å². The Balaban J connectivity index is 1.89. The molecule has 0 aliphatic rings. The molecule has 0 fully saturated rings. The lowest BCUT2D eigenvalue weighted by Crippen LogP contribution is -2.31. The van der Waals surface area contributed by atoms with E-state index >= 15 is 0 Å². The summed E-state index contributed by atoms with van der Waals surface area (Å²) in [5.74, 6) is -0.407. The van der Waals surface area contributed by atoms with Gasteiger partial charge in [-0.25, -0.2) is 0 Å². The molecule has 2 amide bonds. The molecule has 3 N–H and O–H groups in total. The topological polar surface area (TPSA) is 113 Å². The predicted molar refractivity (Wildman–Crippen MR) is 79.9 cm³/mol. The Morgan fingerprint density at radius 2 is 2.05 bits per heavy atom. The van der Waals surface area contributed by atoms with E-state index < -0.39 is 11.9 Å². The minimum atomic E-state index is -0.417. The molecule has 2 rings (SSSR count). The van der Waals surface area contributed by atoms with E-state index in [2.05, 4.69) is 31.3 Å². The van der Waals surface area contributed by atoms with Gasteiger partial charge in [-0.1, -0.05) is 17.3 Å². The minimum absolute atomic E-state index is 0.268. The Labute approximate surface area is 127 Å². The molecule has 1 aromatic heterocycles. The Morgan fingerprint density at radius 1 is 1.27 bits per heavy atom. The summed E-state index contributed by atoms with van der Waals surface area (Å²) in [6.07, 6.45) is -0.268. The maximum atomic E-state index is 11.9. The molecule has 0 radical (unpaired) electrons. The molecule has 116 valence electrons. The second-order valence-corrected chi connectivity index (χ2v) is 5.10. The second-order valence-electron chi connectivity index (χ2n) is 5.10. The molecule has 0 saturated heterocycles. The fourth-order valence-electron chi connectivity index (χ4n) is 1.92. The second kappa shape index (κ2) is 6.79. The summed E-state index contributed by atoms with van der Waals surface area (Å²) >= 11 is 0. The van der Waals surface area contributed by atoms with E-state index in [0.717, 1.165) is 11.1 Å². The number of tetrazole rings is 1. The lowest BCUT2D eigenvalue weighted by Gasteiger charge is -2.11. The molecular formula is C14H18N6O2. The van der Waals surface area contributed by atoms with Gasteiger partial charge in [-0.2, -0.15) is 5.21 Å². The highest BCUT2D eigenvalue weighted by atomic mass is 16.2. The molecule has 0 saturated carbocycles. The van der Waals surface area contributed by atoms with Gasteiger partial charge in [0.1, 0.15) is 6.42 Å². The van der Waals surface area contributed by atoms with Crippen LogP contribution in [0.25, 0.3) is 0 Å². The van der Waals surface area contributed by atoms with E-state index in [4.69, 9.17) is 0 Å². The van der Waals surface area contributed by atoms with Gasteiger partial charge >= 0.3 is 0 Å². The summed E-state index contributed by atoms with van der Waals surface area (Å²) in [6.45, 7) is 5.55. The zero-order valence-electron chi connectivity index (χ0n) is 12.7. The van der Waals surface area contributed by atoms with Crippen molar-refractivity contribution >= 4 is 17.5 Å². The molecule has 1 aromatic carbocycles. The lowest BCUT2D eigenvalue weighted by molar-refractivity contribution is -0.127. The Hall–Kier alpha value is -2.77. The molecular weight excluding hydrogens is 284 g/mol. The number of hydrogen-bond acceptors (Lipinski definition) is 5. The maximum Gasteiger partial charge on any atom is 0.233 e. The van der Waals surface area contributed by atoms with Crippen molar-refractivity contribution in [2.75, 3.05) is 5.32 Å². The summed E-state index contributed by atoms with van der Waals surface area (Å²) in [6, 6.07) is 5.33. The van der Waals surface area contributed by atoms with E-state index in [1.54, 1.807) is 6.92 Å². The van der Waals surface area contributed by atoms with E-state index in [0.29, 0.717) is 11.5 Å². The van der Waals surface area contributed by atoms with E-state index in [-0.39, 0.29) is 12.3 Å². The van der Waals surface area contributed by atoms with Gasteiger partial charge in [0.25, 0.3) is 0 Å². The first-order valence-electron chi connectivity index (χ1n) is 6.85. The van der Waals surface area contributed by atoms with Crippen molar-refractivity contribution in [1.29, 1.82) is 0 Å². The SMILES string of the molecule is Cc1ccc(C)c(NC(=O)CC(=O)N[C@H](C)c2nn[nH]n2)c1. The highest BCUT2D eigenvalue weighted by Crippen LogP contribution is 2.16. The van der Waals surface area contributed by atoms with Crippen molar-refractivity contribution < 1.29 is 9.59 Å². The van der Waals surface area contributed by atoms with Crippen molar-refractivity contribution in [3.63, 3.8) is 0 Å². The number of nitrogens with zero attached hydrogens (tertiary/aromatic N) is 3. The molecule has 2 aromatic rings. The predicted octanol–water partition coefficient (Wildman–Crippen LogP) is 1.02. The Morgan fingerprint density at radius 3 is 2.73 bits per heavy atom. The minimum Gasteiger partial charge on any atom is -0.346 e. The van der Waals surface area contributed by atoms with Crippen LogP contribution in [-0.2, 0) is 9.59 Å². The number of benzene rings is 1. The third kappa shape index (κ3) is 4.11. The summed E-state index contributed by atoms with van der Waals surface area (Å²) in [7, 11) is 0. The van der Waals surface area contributed by atoms with Gasteiger partial charge in [-0.3, -0.25) is 9.59 Å². The van der Waals surface area contributed by atoms with Crippen LogP contribution in [0.5, 0.6) is 0 Å². The Bertz CT molecular complexity index is 668. The van der Waals surface area contributed by atoms with Crippen LogP contribution < -0.4 is 10.6 Å². The number of carbonyl (C=O) groups excluding carboxylic acids is 2. The number of amides is 2. The summed E-state index contributed by atoms with van der Waals surface area (Å²) < 4.78 is 0. The molecule has 0 spiro atoms. The number of aromatic amines is 1. The molecule has 0 aliphatic heterocycles. The van der Waals surface area contributed by atoms with Gasteiger partial charge in [0.05, 0.1) is 6.04 Å². The quantitative estimate of drug-likeness (QED) is 0.714. The molecule has 1 heterocycles. The number of H-pyrrole nitrogens is 1. The number of carbonyl (C=O) groups is 2. The lowest BCUT2D eigenvalue weighted by atomic mass is 10.1. The van der Waals surface area contributed by atoms with Crippen LogP contribution in [-0.4, -0.2) is 32.4 Å². The number of rotatable bonds is 5. The molecule has 22 heavy (non-hydrogen) atoms. The van der Waals surface area contributed by atoms with Gasteiger partial charge < -0.3 is 10.6 Å². The van der Waals surface area contributed by atoms with E-state index in [9.17, 15) is 9.59 Å². The summed E-state index contributed by atoms with van der Waals surface area (Å²) in [4.78, 5) is 23.8. The van der Waals surface area contributed by atoms with Crippen LogP contribution in [0.4, 0.5) is 5.69 Å². The summed E-state index contributed by atoms with van der Waals surface area (Å²) in [5.41, 5.74) is 2.69. The number of aryl methyl sites for hydroxylation is 2. The zero-order chi connectivity index (χ0) is 16.1. The van der Waals surface area contributed by atoms with E-state index in [1.807, 2.05) is 32.0 Å². The monoisotopic (exact) mass is 302 g/mol. The van der Waals surface area contributed by atoms with Crippen LogP contribution in [0.2, 0.25) is 0 Å². The maximum absolute atomic E-state index is 11.9. The third-order valence-electron chi connectivity index (χ3n) is 3.11. The average Bonchev–Trinajstić information content (AvgIpc) is 2.96. The van der Waals surface area contributed by atoms with E-state index in [1.165, 1.54) is 0 Å². The van der Waals surface area contributed by atoms with Crippen molar-refractivity contribution in [2.24, 2.45) is 0 Å². The summed E-state index contributed by atoms with van der Waals surface area (Å²) in [5, 5.41) is 18.7. The fraction of sp³-hybridized carbons (Fsp3) is 0.357. The number of anilines is 1. The zero-order valence-corrected chi connectivity index (χ0v) is 12.7. The molecule has 8 heteroatoms. The van der Waals surface area contributed by atoms with Crippen molar-refractivity contribution in [2.45, 2.75) is 33.2 Å². The van der Waals surface area contributed by atoms with Crippen LogP contribution in [0, 0.1) is 13.8 Å². The first-order chi connectivity index (χ1) is 10.5. The largest absolute Gasteiger partial charge is 0.346 e. The average molecular weight is 302 g/mol. The van der Waals surface area contributed by atoms with Crippen LogP contribution >= 0.6 is 0 Å². The van der Waals surface area contributed by atoms with Gasteiger partial charge in [-0.05, 0) is 38.0 Å². The van der Waals surface area contributed by atoms with Crippen molar-refractivity contribution in [3.05, 3.63) is 35.2 Å². The van der Waals surface area contributed by atoms with Gasteiger partial charge in [0.15, 0.2) is 5.82 Å². The van der Waals surface area contributed by atoms with Crippen LogP contribution in [0.15, 0.2) is 18.2 Å². The fourth-order valence-corrected chi connectivity index (χ4v) is 1.92. The highest BCUT2D eigenvalue weighted by molar-refractivity contribution is 6.03. The molecule has 0 unspecified atom stereocenters. The van der Waals surface area contributed by atoms with Crippen LogP contribution in [0.3, 0.4) is 0 Å². The molecule has 0 bridgehead atoms. The molecule has 8 nitrogen and oxygen atoms in total. The number of aromatic nitrogens is 4. The first-order valence-corrected chi connectivity index (χ1v) is 6.85. The van der Waals surface area contributed by atoms with Crippen molar-refractivity contribution in [1.82, 2.24) is 25.9 Å². The number of hydrogen-bond donors (Lipinski definition) is 3. The first kappa shape index (κ1) is 15.6. The Kier molecular flexibility index (Phi) is 4.82. The third-order valence-corrected chi connectivity index (χ3v) is 3.11. The normalized spacial score (nSPS) is 11.8. The van der Waals surface area contributed by atoms with Crippen molar-refractivity contribution in [3.8, 4) is 0 Å². The smallest absolute Gasteiger partial charge is 0.233 e. The van der Waals surface area contributed by atoms with Gasteiger partial charge in [-0.15, -0.1) is 10.2 Å². The number of nitrogens with one attached hydrogen (secondary N) is 3. The highest BCUT2D eigenvalue weighted by Gasteiger charge is 2.16. The standard InChI is InChI=1S/C14H18N6O2/c1-8-4-5-9(2)11(6-8)16-13(22)7-12(21)15-10(3)14-17-19-20-18-14/h4-6,10H,7H2,1-3H3,(H,15,21)(H,16,22)(H,17,18,19,20)/t10-/m1/s1. The molecule has 0 aliphatic carbocycles. The van der Waals surface area contributed by atoms with Crippen LogP contribution in [0.1, 0.15) is 36.3 Å². The van der Waals surface area contributed by atoms with Gasteiger partial charge in [0.2, 0.25) is 11.8 Å². The molecule has 1 atom stereocenters.